The van der Waals surface area contributed by atoms with Gasteiger partial charge in [-0.2, -0.15) is 0 Å². The van der Waals surface area contributed by atoms with Gasteiger partial charge in [0.2, 0.25) is 0 Å². The second-order valence-corrected chi connectivity index (χ2v) is 4.77. The molecule has 96 valence electrons. The molecule has 0 aliphatic carbocycles. The van der Waals surface area contributed by atoms with Crippen molar-refractivity contribution in [2.24, 2.45) is 5.73 Å². The molecule has 1 aromatic carbocycles. The Morgan fingerprint density at radius 2 is 2.17 bits per heavy atom. The van der Waals surface area contributed by atoms with Crippen molar-refractivity contribution >= 4 is 11.6 Å². The highest BCUT2D eigenvalue weighted by atomic mass is 35.5. The van der Waals surface area contributed by atoms with E-state index in [0.717, 1.165) is 41.4 Å². The van der Waals surface area contributed by atoms with E-state index in [2.05, 4.69) is 16.5 Å². The van der Waals surface area contributed by atoms with Crippen molar-refractivity contribution in [2.45, 2.75) is 32.9 Å². The van der Waals surface area contributed by atoms with Crippen molar-refractivity contribution in [3.8, 4) is 0 Å². The van der Waals surface area contributed by atoms with Crippen LogP contribution >= 0.6 is 11.6 Å². The highest BCUT2D eigenvalue weighted by Gasteiger charge is 2.07. The molecule has 0 unspecified atom stereocenters. The first-order chi connectivity index (χ1) is 8.74. The van der Waals surface area contributed by atoms with Crippen molar-refractivity contribution in [3.63, 3.8) is 0 Å². The van der Waals surface area contributed by atoms with Crippen LogP contribution in [0.3, 0.4) is 0 Å². The van der Waals surface area contributed by atoms with E-state index in [4.69, 9.17) is 17.3 Å². The Kier molecular flexibility index (Phi) is 4.39. The van der Waals surface area contributed by atoms with Crippen LogP contribution < -0.4 is 5.73 Å². The molecule has 1 heterocycles. The van der Waals surface area contributed by atoms with E-state index in [-0.39, 0.29) is 0 Å². The molecule has 0 spiro atoms. The van der Waals surface area contributed by atoms with E-state index < -0.39 is 0 Å². The Labute approximate surface area is 113 Å². The average molecular weight is 264 g/mol. The van der Waals surface area contributed by atoms with Crippen molar-refractivity contribution in [1.82, 2.24) is 9.55 Å². The number of imidazole rings is 1. The smallest absolute Gasteiger partial charge is 0.113 e. The molecule has 3 nitrogen and oxygen atoms in total. The maximum absolute atomic E-state index is 6.05. The normalized spacial score (nSPS) is 10.8. The van der Waals surface area contributed by atoms with Gasteiger partial charge in [0.25, 0.3) is 0 Å². The molecule has 0 fully saturated rings. The maximum atomic E-state index is 6.05. The summed E-state index contributed by atoms with van der Waals surface area (Å²) in [6.45, 7) is 3.68. The predicted molar refractivity (Wildman–Crippen MR) is 74.7 cm³/mol. The Morgan fingerprint density at radius 3 is 2.89 bits per heavy atom. The number of hydrogen-bond acceptors (Lipinski definition) is 2. The zero-order valence-electron chi connectivity index (χ0n) is 10.6. The van der Waals surface area contributed by atoms with Crippen molar-refractivity contribution in [2.75, 3.05) is 0 Å². The van der Waals surface area contributed by atoms with E-state index in [9.17, 15) is 0 Å². The minimum atomic E-state index is 0.529. The second-order valence-electron chi connectivity index (χ2n) is 4.33. The van der Waals surface area contributed by atoms with Crippen molar-refractivity contribution in [1.29, 1.82) is 0 Å². The summed E-state index contributed by atoms with van der Waals surface area (Å²) in [4.78, 5) is 4.41. The van der Waals surface area contributed by atoms with Gasteiger partial charge in [0.1, 0.15) is 5.82 Å². The summed E-state index contributed by atoms with van der Waals surface area (Å²) in [6.07, 6.45) is 5.74. The molecule has 0 saturated carbocycles. The predicted octanol–water partition coefficient (Wildman–Crippen LogP) is 3.00. The van der Waals surface area contributed by atoms with E-state index in [0.29, 0.717) is 6.54 Å². The molecule has 1 aromatic heterocycles. The van der Waals surface area contributed by atoms with E-state index in [1.54, 1.807) is 0 Å². The second kappa shape index (κ2) is 6.03. The maximum Gasteiger partial charge on any atom is 0.113 e. The van der Waals surface area contributed by atoms with Crippen molar-refractivity contribution in [3.05, 3.63) is 52.6 Å². The van der Waals surface area contributed by atoms with Gasteiger partial charge in [0, 0.05) is 36.9 Å². The summed E-state index contributed by atoms with van der Waals surface area (Å²) in [5.74, 6) is 1.06. The third-order valence-corrected chi connectivity index (χ3v) is 3.24. The van der Waals surface area contributed by atoms with Gasteiger partial charge in [0.05, 0.1) is 0 Å². The molecule has 0 saturated heterocycles. The van der Waals surface area contributed by atoms with Gasteiger partial charge in [-0.25, -0.2) is 4.98 Å². The van der Waals surface area contributed by atoms with Gasteiger partial charge in [-0.3, -0.25) is 0 Å². The lowest BCUT2D eigenvalue weighted by molar-refractivity contribution is 0.646. The van der Waals surface area contributed by atoms with Crippen LogP contribution in [-0.2, 0) is 19.5 Å². The van der Waals surface area contributed by atoms with Crippen LogP contribution in [0.4, 0.5) is 0 Å². The van der Waals surface area contributed by atoms with Crippen LogP contribution in [0.25, 0.3) is 0 Å². The molecular formula is C14H18ClN3. The first-order valence-electron chi connectivity index (χ1n) is 6.22. The van der Waals surface area contributed by atoms with Crippen molar-refractivity contribution < 1.29 is 0 Å². The number of halogens is 1. The fourth-order valence-corrected chi connectivity index (χ4v) is 2.27. The van der Waals surface area contributed by atoms with Gasteiger partial charge in [-0.05, 0) is 29.7 Å². The van der Waals surface area contributed by atoms with Gasteiger partial charge in [-0.15, -0.1) is 0 Å². The lowest BCUT2D eigenvalue weighted by atomic mass is 10.0. The monoisotopic (exact) mass is 263 g/mol. The number of rotatable bonds is 5. The number of benzene rings is 1. The van der Waals surface area contributed by atoms with Gasteiger partial charge in [-0.1, -0.05) is 24.6 Å². The number of aryl methyl sites for hydroxylation is 1. The van der Waals surface area contributed by atoms with E-state index in [1.807, 2.05) is 30.6 Å². The van der Waals surface area contributed by atoms with Crippen LogP contribution in [0.2, 0.25) is 5.02 Å². The molecule has 0 bridgehead atoms. The van der Waals surface area contributed by atoms with E-state index >= 15 is 0 Å². The highest BCUT2D eigenvalue weighted by molar-refractivity contribution is 6.30. The fourth-order valence-electron chi connectivity index (χ4n) is 2.08. The molecule has 0 aliphatic rings. The molecule has 0 atom stereocenters. The Bertz CT molecular complexity index is 520. The minimum Gasteiger partial charge on any atom is -0.335 e. The standard InChI is InChI=1S/C14H18ClN3/c1-2-6-18-7-5-17-14(18)9-12-8-13(15)4-3-11(12)10-16/h3-5,7-8H,2,6,9-10,16H2,1H3. The largest absolute Gasteiger partial charge is 0.335 e. The van der Waals surface area contributed by atoms with Gasteiger partial charge in [0.15, 0.2) is 0 Å². The highest BCUT2D eigenvalue weighted by Crippen LogP contribution is 2.19. The molecule has 4 heteroatoms. The fraction of sp³-hybridized carbons (Fsp3) is 0.357. The molecule has 2 aromatic rings. The SMILES string of the molecule is CCCn1ccnc1Cc1cc(Cl)ccc1CN. The van der Waals surface area contributed by atoms with Crippen LogP contribution in [0, 0.1) is 0 Å². The first-order valence-corrected chi connectivity index (χ1v) is 6.59. The molecule has 2 N–H and O–H groups in total. The number of nitrogens with zero attached hydrogens (tertiary/aromatic N) is 2. The third kappa shape index (κ3) is 2.92. The van der Waals surface area contributed by atoms with Gasteiger partial charge >= 0.3 is 0 Å². The van der Waals surface area contributed by atoms with E-state index in [1.165, 1.54) is 0 Å². The zero-order valence-corrected chi connectivity index (χ0v) is 11.3. The average Bonchev–Trinajstić information content (AvgIpc) is 2.78. The van der Waals surface area contributed by atoms with Crippen LogP contribution in [0.15, 0.2) is 30.6 Å². The first kappa shape index (κ1) is 13.1. The Morgan fingerprint density at radius 1 is 1.33 bits per heavy atom. The summed E-state index contributed by atoms with van der Waals surface area (Å²) in [6, 6.07) is 5.85. The number of hydrogen-bond donors (Lipinski definition) is 1. The summed E-state index contributed by atoms with van der Waals surface area (Å²) >= 11 is 6.05. The molecule has 18 heavy (non-hydrogen) atoms. The molecular weight excluding hydrogens is 246 g/mol. The van der Waals surface area contributed by atoms with Crippen LogP contribution in [0.5, 0.6) is 0 Å². The number of aromatic nitrogens is 2. The summed E-state index contributed by atoms with van der Waals surface area (Å²) in [5.41, 5.74) is 8.05. The molecule has 0 aliphatic heterocycles. The Balaban J connectivity index is 2.27. The summed E-state index contributed by atoms with van der Waals surface area (Å²) < 4.78 is 2.18. The Hall–Kier alpha value is -1.32. The van der Waals surface area contributed by atoms with Crippen LogP contribution in [0.1, 0.15) is 30.3 Å². The summed E-state index contributed by atoms with van der Waals surface area (Å²) in [7, 11) is 0. The lowest BCUT2D eigenvalue weighted by Crippen LogP contribution is -2.07. The quantitative estimate of drug-likeness (QED) is 0.901. The topological polar surface area (TPSA) is 43.8 Å². The molecule has 2 rings (SSSR count). The minimum absolute atomic E-state index is 0.529. The number of nitrogens with two attached hydrogens (primary N) is 1. The summed E-state index contributed by atoms with van der Waals surface area (Å²) in [5, 5.41) is 0.746. The zero-order chi connectivity index (χ0) is 13.0. The van der Waals surface area contributed by atoms with Crippen LogP contribution in [-0.4, -0.2) is 9.55 Å². The molecule has 0 amide bonds. The molecule has 0 radical (unpaired) electrons. The van der Waals surface area contributed by atoms with Gasteiger partial charge < -0.3 is 10.3 Å². The lowest BCUT2D eigenvalue weighted by Gasteiger charge is -2.10. The third-order valence-electron chi connectivity index (χ3n) is 3.00.